The molecule has 23 heavy (non-hydrogen) atoms. The number of Topliss-reactive ketones (excluding diaryl/α,β-unsaturated/α-hetero) is 1. The first-order valence-corrected chi connectivity index (χ1v) is 8.21. The summed E-state index contributed by atoms with van der Waals surface area (Å²) < 4.78 is 14.2. The van der Waals surface area contributed by atoms with Crippen LogP contribution in [0.25, 0.3) is 10.9 Å². The maximum Gasteiger partial charge on any atom is 0.225 e. The first-order valence-electron chi connectivity index (χ1n) is 7.46. The van der Waals surface area contributed by atoms with E-state index in [2.05, 4.69) is 15.0 Å². The summed E-state index contributed by atoms with van der Waals surface area (Å²) in [6, 6.07) is 0. The topological polar surface area (TPSA) is 59.0 Å². The molecule has 5 nitrogen and oxygen atoms in total. The zero-order chi connectivity index (χ0) is 16.2. The molecule has 1 atom stereocenters. The Bertz CT molecular complexity index is 831. The van der Waals surface area contributed by atoms with E-state index in [4.69, 9.17) is 23.2 Å². The quantitative estimate of drug-likeness (QED) is 0.580. The van der Waals surface area contributed by atoms with Crippen LogP contribution in [-0.4, -0.2) is 33.8 Å². The van der Waals surface area contributed by atoms with Crippen molar-refractivity contribution < 1.29 is 9.18 Å². The van der Waals surface area contributed by atoms with Crippen molar-refractivity contribution in [1.29, 1.82) is 0 Å². The standard InChI is InChI=1S/C15H13Cl2FN4O/c16-12-10(18)11-8(6-19-12)13(21-14(17)20-11)22-5-1-3-15(7-22)4-2-9(15)23/h6H,1-5,7H2/t15-/m0/s1. The number of ketones is 1. The van der Waals surface area contributed by atoms with Crippen molar-refractivity contribution in [3.8, 4) is 0 Å². The average molecular weight is 355 g/mol. The van der Waals surface area contributed by atoms with Gasteiger partial charge in [0.2, 0.25) is 5.28 Å². The lowest BCUT2D eigenvalue weighted by atomic mass is 9.63. The summed E-state index contributed by atoms with van der Waals surface area (Å²) in [6.07, 6.45) is 4.79. The molecule has 1 saturated heterocycles. The van der Waals surface area contributed by atoms with E-state index in [0.717, 1.165) is 25.8 Å². The normalized spacial score (nSPS) is 24.3. The second kappa shape index (κ2) is 5.24. The van der Waals surface area contributed by atoms with E-state index in [-0.39, 0.29) is 21.4 Å². The van der Waals surface area contributed by atoms with E-state index in [0.29, 0.717) is 30.0 Å². The Labute approximate surface area is 141 Å². The number of carbonyl (C=O) groups excluding carboxylic acids is 1. The molecular weight excluding hydrogens is 342 g/mol. The van der Waals surface area contributed by atoms with Gasteiger partial charge in [0.15, 0.2) is 11.0 Å². The van der Waals surface area contributed by atoms with Crippen LogP contribution in [0.15, 0.2) is 6.20 Å². The molecule has 2 fully saturated rings. The number of carbonyl (C=O) groups is 1. The van der Waals surface area contributed by atoms with Crippen molar-refractivity contribution in [2.75, 3.05) is 18.0 Å². The molecule has 0 amide bonds. The van der Waals surface area contributed by atoms with Crippen molar-refractivity contribution in [1.82, 2.24) is 15.0 Å². The van der Waals surface area contributed by atoms with Gasteiger partial charge in [0.1, 0.15) is 17.1 Å². The second-order valence-corrected chi connectivity index (χ2v) is 6.87. The van der Waals surface area contributed by atoms with Gasteiger partial charge in [0.05, 0.1) is 5.39 Å². The molecule has 3 heterocycles. The van der Waals surface area contributed by atoms with Crippen LogP contribution in [0.1, 0.15) is 25.7 Å². The highest BCUT2D eigenvalue weighted by Gasteiger charge is 2.48. The van der Waals surface area contributed by atoms with Crippen LogP contribution < -0.4 is 4.90 Å². The number of nitrogens with zero attached hydrogens (tertiary/aromatic N) is 4. The number of halogens is 3. The molecular formula is C15H13Cl2FN4O. The first-order chi connectivity index (χ1) is 11.0. The highest BCUT2D eigenvalue weighted by atomic mass is 35.5. The van der Waals surface area contributed by atoms with Gasteiger partial charge < -0.3 is 4.90 Å². The minimum absolute atomic E-state index is 0.0479. The number of rotatable bonds is 1. The Balaban J connectivity index is 1.82. The van der Waals surface area contributed by atoms with Crippen LogP contribution in [0.5, 0.6) is 0 Å². The molecule has 0 bridgehead atoms. The van der Waals surface area contributed by atoms with Gasteiger partial charge in [-0.2, -0.15) is 4.98 Å². The summed E-state index contributed by atoms with van der Waals surface area (Å²) in [5, 5.41) is 0.163. The zero-order valence-corrected chi connectivity index (χ0v) is 13.7. The molecule has 2 aromatic rings. The molecule has 2 aliphatic rings. The lowest BCUT2D eigenvalue weighted by Gasteiger charge is -2.47. The summed E-state index contributed by atoms with van der Waals surface area (Å²) in [5.74, 6) is 0.113. The number of pyridine rings is 1. The van der Waals surface area contributed by atoms with E-state index >= 15 is 0 Å². The number of fused-ring (bicyclic) bond motifs is 1. The molecule has 1 saturated carbocycles. The van der Waals surface area contributed by atoms with Crippen molar-refractivity contribution >= 4 is 45.7 Å². The van der Waals surface area contributed by atoms with Crippen LogP contribution in [0, 0.1) is 11.2 Å². The van der Waals surface area contributed by atoms with E-state index in [1.807, 2.05) is 4.90 Å². The summed E-state index contributed by atoms with van der Waals surface area (Å²) in [6.45, 7) is 1.32. The third-order valence-electron chi connectivity index (χ3n) is 4.89. The van der Waals surface area contributed by atoms with Gasteiger partial charge in [-0.1, -0.05) is 11.6 Å². The summed E-state index contributed by atoms with van der Waals surface area (Å²) >= 11 is 11.7. The molecule has 0 N–H and O–H groups in total. The molecule has 120 valence electrons. The van der Waals surface area contributed by atoms with Crippen molar-refractivity contribution in [2.45, 2.75) is 25.7 Å². The number of aromatic nitrogens is 3. The van der Waals surface area contributed by atoms with Gasteiger partial charge in [0, 0.05) is 31.1 Å². The van der Waals surface area contributed by atoms with Crippen LogP contribution in [0.2, 0.25) is 10.4 Å². The maximum atomic E-state index is 14.2. The highest BCUT2D eigenvalue weighted by Crippen LogP contribution is 2.45. The van der Waals surface area contributed by atoms with E-state index in [1.165, 1.54) is 6.20 Å². The Hall–Kier alpha value is -1.53. The van der Waals surface area contributed by atoms with Crippen molar-refractivity contribution in [3.05, 3.63) is 22.5 Å². The average Bonchev–Trinajstić information content (AvgIpc) is 2.56. The van der Waals surface area contributed by atoms with Gasteiger partial charge in [-0.25, -0.2) is 14.4 Å². The van der Waals surface area contributed by atoms with Crippen LogP contribution in [-0.2, 0) is 4.79 Å². The SMILES string of the molecule is O=C1CC[C@]12CCCN(c1nc(Cl)nc3c(F)c(Cl)ncc13)C2. The second-order valence-electron chi connectivity index (χ2n) is 6.17. The molecule has 4 rings (SSSR count). The molecule has 0 unspecified atom stereocenters. The molecule has 0 aromatic carbocycles. The minimum Gasteiger partial charge on any atom is -0.355 e. The zero-order valence-electron chi connectivity index (χ0n) is 12.2. The summed E-state index contributed by atoms with van der Waals surface area (Å²) in [4.78, 5) is 26.1. The highest BCUT2D eigenvalue weighted by molar-refractivity contribution is 6.30. The lowest BCUT2D eigenvalue weighted by molar-refractivity contribution is -0.138. The van der Waals surface area contributed by atoms with Crippen LogP contribution >= 0.6 is 23.2 Å². The fraction of sp³-hybridized carbons (Fsp3) is 0.467. The Morgan fingerprint density at radius 2 is 2.09 bits per heavy atom. The van der Waals surface area contributed by atoms with Gasteiger partial charge in [-0.3, -0.25) is 4.79 Å². The molecule has 2 aromatic heterocycles. The molecule has 1 aliphatic carbocycles. The predicted octanol–water partition coefficient (Wildman–Crippen LogP) is 3.42. The van der Waals surface area contributed by atoms with Gasteiger partial charge in [0.25, 0.3) is 0 Å². The first kappa shape index (κ1) is 15.0. The minimum atomic E-state index is -0.707. The molecule has 8 heteroatoms. The van der Waals surface area contributed by atoms with Crippen LogP contribution in [0.3, 0.4) is 0 Å². The largest absolute Gasteiger partial charge is 0.355 e. The fourth-order valence-electron chi connectivity index (χ4n) is 3.56. The van der Waals surface area contributed by atoms with Crippen LogP contribution in [0.4, 0.5) is 10.2 Å². The number of hydrogen-bond acceptors (Lipinski definition) is 5. The predicted molar refractivity (Wildman–Crippen MR) is 85.4 cm³/mol. The number of hydrogen-bond donors (Lipinski definition) is 0. The summed E-state index contributed by atoms with van der Waals surface area (Å²) in [7, 11) is 0. The fourth-order valence-corrected chi connectivity index (χ4v) is 3.86. The number of piperidine rings is 1. The van der Waals surface area contributed by atoms with Gasteiger partial charge in [-0.15, -0.1) is 0 Å². The molecule has 1 spiro atoms. The number of anilines is 1. The van der Waals surface area contributed by atoms with Crippen molar-refractivity contribution in [2.24, 2.45) is 5.41 Å². The van der Waals surface area contributed by atoms with Crippen molar-refractivity contribution in [3.63, 3.8) is 0 Å². The maximum absolute atomic E-state index is 14.2. The lowest BCUT2D eigenvalue weighted by Crippen LogP contribution is -2.53. The van der Waals surface area contributed by atoms with Gasteiger partial charge >= 0.3 is 0 Å². The summed E-state index contributed by atoms with van der Waals surface area (Å²) in [5.41, 5.74) is -0.222. The molecule has 0 radical (unpaired) electrons. The molecule has 1 aliphatic heterocycles. The Morgan fingerprint density at radius 1 is 1.26 bits per heavy atom. The smallest absolute Gasteiger partial charge is 0.225 e. The van der Waals surface area contributed by atoms with E-state index in [1.54, 1.807) is 0 Å². The monoisotopic (exact) mass is 354 g/mol. The van der Waals surface area contributed by atoms with E-state index in [9.17, 15) is 9.18 Å². The van der Waals surface area contributed by atoms with Gasteiger partial charge in [-0.05, 0) is 30.9 Å². The third-order valence-corrected chi connectivity index (χ3v) is 5.33. The Morgan fingerprint density at radius 3 is 2.78 bits per heavy atom. The third kappa shape index (κ3) is 2.27. The van der Waals surface area contributed by atoms with E-state index < -0.39 is 5.82 Å². The Kier molecular flexibility index (Phi) is 3.43.